The van der Waals surface area contributed by atoms with Crippen LogP contribution in [0.25, 0.3) is 5.69 Å². The molecule has 0 aliphatic carbocycles. The molecule has 0 radical (unpaired) electrons. The van der Waals surface area contributed by atoms with Gasteiger partial charge in [0.2, 0.25) is 5.91 Å². The molecule has 0 unspecified atom stereocenters. The molecule has 3 rings (SSSR count). The molecule has 3 aromatic rings. The van der Waals surface area contributed by atoms with Gasteiger partial charge in [-0.05, 0) is 42.8 Å². The zero-order chi connectivity index (χ0) is 31.6. The SMILES string of the molecule is CCCCN(CC(=O)Nc1cc(C(C)(C)C)nn1-c1ccc(Cl)c(Cl)c1)C(=O)c1cc(C(F)(F)F)cc(C(F)(F)F)c1. The van der Waals surface area contributed by atoms with Gasteiger partial charge in [0.15, 0.2) is 0 Å². The van der Waals surface area contributed by atoms with Gasteiger partial charge in [0.1, 0.15) is 12.4 Å². The molecule has 0 saturated heterocycles. The number of hydrogen-bond donors (Lipinski definition) is 1. The van der Waals surface area contributed by atoms with Crippen LogP contribution in [0.2, 0.25) is 10.0 Å². The van der Waals surface area contributed by atoms with Crippen molar-refractivity contribution in [1.29, 1.82) is 0 Å². The van der Waals surface area contributed by atoms with E-state index in [1.807, 2.05) is 20.8 Å². The van der Waals surface area contributed by atoms with Crippen LogP contribution in [0.1, 0.15) is 67.7 Å². The highest BCUT2D eigenvalue weighted by atomic mass is 35.5. The molecule has 14 heteroatoms. The summed E-state index contributed by atoms with van der Waals surface area (Å²) in [5, 5.41) is 7.74. The van der Waals surface area contributed by atoms with E-state index in [1.165, 1.54) is 10.7 Å². The number of unbranched alkanes of at least 4 members (excludes halogenated alkanes) is 1. The van der Waals surface area contributed by atoms with Crippen molar-refractivity contribution in [3.05, 3.63) is 74.9 Å². The summed E-state index contributed by atoms with van der Waals surface area (Å²) >= 11 is 12.2. The maximum Gasteiger partial charge on any atom is 0.416 e. The molecular weight excluding hydrogens is 609 g/mol. The Hall–Kier alpha value is -3.25. The van der Waals surface area contributed by atoms with Gasteiger partial charge in [0, 0.05) is 23.6 Å². The van der Waals surface area contributed by atoms with E-state index in [4.69, 9.17) is 23.2 Å². The van der Waals surface area contributed by atoms with E-state index in [2.05, 4.69) is 10.4 Å². The van der Waals surface area contributed by atoms with Crippen LogP contribution >= 0.6 is 23.2 Å². The molecule has 2 aromatic carbocycles. The summed E-state index contributed by atoms with van der Waals surface area (Å²) in [5.74, 6) is -1.70. The maximum atomic E-state index is 13.4. The predicted octanol–water partition coefficient (Wildman–Crippen LogP) is 8.40. The van der Waals surface area contributed by atoms with Gasteiger partial charge in [0.25, 0.3) is 5.91 Å². The first-order chi connectivity index (χ1) is 19.3. The second-order valence-corrected chi connectivity index (χ2v) is 11.4. The molecular formula is C28H28Cl2F6N4O2. The molecule has 0 fully saturated rings. The smallest absolute Gasteiger partial charge is 0.329 e. The number of halogens is 8. The number of alkyl halides is 6. The number of nitrogens with one attached hydrogen (secondary N) is 1. The number of rotatable bonds is 8. The monoisotopic (exact) mass is 636 g/mol. The number of anilines is 1. The van der Waals surface area contributed by atoms with Crippen LogP contribution in [0.15, 0.2) is 42.5 Å². The molecule has 2 amide bonds. The molecule has 228 valence electrons. The van der Waals surface area contributed by atoms with Crippen molar-refractivity contribution >= 4 is 40.8 Å². The van der Waals surface area contributed by atoms with Gasteiger partial charge in [-0.1, -0.05) is 57.3 Å². The van der Waals surface area contributed by atoms with E-state index in [-0.39, 0.29) is 23.5 Å². The fourth-order valence-corrected chi connectivity index (χ4v) is 4.16. The highest BCUT2D eigenvalue weighted by Gasteiger charge is 2.38. The van der Waals surface area contributed by atoms with Crippen molar-refractivity contribution in [3.63, 3.8) is 0 Å². The summed E-state index contributed by atoms with van der Waals surface area (Å²) in [5.41, 5.74) is -3.48. The number of nitrogens with zero attached hydrogens (tertiary/aromatic N) is 3. The normalized spacial score (nSPS) is 12.4. The Morgan fingerprint density at radius 1 is 0.905 bits per heavy atom. The number of benzene rings is 2. The number of carbonyl (C=O) groups is 2. The van der Waals surface area contributed by atoms with E-state index in [0.29, 0.717) is 41.4 Å². The lowest BCUT2D eigenvalue weighted by Gasteiger charge is -2.23. The highest BCUT2D eigenvalue weighted by molar-refractivity contribution is 6.42. The molecule has 6 nitrogen and oxygen atoms in total. The first kappa shape index (κ1) is 33.3. The number of amides is 2. The molecule has 0 bridgehead atoms. The van der Waals surface area contributed by atoms with Gasteiger partial charge < -0.3 is 10.2 Å². The van der Waals surface area contributed by atoms with Crippen LogP contribution in [0.5, 0.6) is 0 Å². The minimum atomic E-state index is -5.13. The van der Waals surface area contributed by atoms with Crippen LogP contribution in [0.3, 0.4) is 0 Å². The van der Waals surface area contributed by atoms with Gasteiger partial charge in [0.05, 0.1) is 32.6 Å². The number of hydrogen-bond acceptors (Lipinski definition) is 3. The van der Waals surface area contributed by atoms with Crippen molar-refractivity contribution in [2.24, 2.45) is 0 Å². The zero-order valence-corrected chi connectivity index (χ0v) is 24.6. The van der Waals surface area contributed by atoms with Crippen LogP contribution in [-0.4, -0.2) is 39.6 Å². The lowest BCUT2D eigenvalue weighted by atomic mass is 9.92. The van der Waals surface area contributed by atoms with Gasteiger partial charge in [-0.25, -0.2) is 4.68 Å². The van der Waals surface area contributed by atoms with E-state index < -0.39 is 52.8 Å². The van der Waals surface area contributed by atoms with Crippen molar-refractivity contribution in [3.8, 4) is 5.69 Å². The lowest BCUT2D eigenvalue weighted by molar-refractivity contribution is -0.143. The molecule has 0 aliphatic rings. The molecule has 1 N–H and O–H groups in total. The van der Waals surface area contributed by atoms with E-state index in [9.17, 15) is 35.9 Å². The minimum absolute atomic E-state index is 0.0587. The number of aromatic nitrogens is 2. The predicted molar refractivity (Wildman–Crippen MR) is 148 cm³/mol. The molecule has 0 spiro atoms. The number of carbonyl (C=O) groups excluding carboxylic acids is 2. The average molecular weight is 637 g/mol. The van der Waals surface area contributed by atoms with Gasteiger partial charge in [-0.2, -0.15) is 31.4 Å². The van der Waals surface area contributed by atoms with Crippen LogP contribution in [0.4, 0.5) is 32.2 Å². The Morgan fingerprint density at radius 3 is 2.00 bits per heavy atom. The Kier molecular flexibility index (Phi) is 9.93. The van der Waals surface area contributed by atoms with Gasteiger partial charge in [-0.3, -0.25) is 9.59 Å². The van der Waals surface area contributed by atoms with E-state index in [1.54, 1.807) is 25.1 Å². The summed E-state index contributed by atoms with van der Waals surface area (Å²) < 4.78 is 81.7. The summed E-state index contributed by atoms with van der Waals surface area (Å²) in [6.07, 6.45) is -9.37. The van der Waals surface area contributed by atoms with Gasteiger partial charge >= 0.3 is 12.4 Å². The van der Waals surface area contributed by atoms with Gasteiger partial charge in [-0.15, -0.1) is 0 Å². The van der Waals surface area contributed by atoms with Crippen LogP contribution in [-0.2, 0) is 22.6 Å². The third kappa shape index (κ3) is 8.19. The molecule has 0 saturated carbocycles. The van der Waals surface area contributed by atoms with Crippen LogP contribution in [0, 0.1) is 0 Å². The Bertz CT molecular complexity index is 1430. The topological polar surface area (TPSA) is 67.2 Å². The summed E-state index contributed by atoms with van der Waals surface area (Å²) in [4.78, 5) is 27.4. The lowest BCUT2D eigenvalue weighted by Crippen LogP contribution is -2.39. The molecule has 42 heavy (non-hydrogen) atoms. The highest BCUT2D eigenvalue weighted by Crippen LogP contribution is 2.37. The quantitative estimate of drug-likeness (QED) is 0.253. The second-order valence-electron chi connectivity index (χ2n) is 10.6. The molecule has 1 heterocycles. The largest absolute Gasteiger partial charge is 0.416 e. The summed E-state index contributed by atoms with van der Waals surface area (Å²) in [7, 11) is 0. The second kappa shape index (κ2) is 12.5. The van der Waals surface area contributed by atoms with Crippen molar-refractivity contribution in [2.45, 2.75) is 58.3 Å². The Labute approximate surface area is 248 Å². The minimum Gasteiger partial charge on any atom is -0.329 e. The Balaban J connectivity index is 1.97. The summed E-state index contributed by atoms with van der Waals surface area (Å²) in [6.45, 7) is 6.74. The van der Waals surface area contributed by atoms with Crippen LogP contribution < -0.4 is 5.32 Å². The fourth-order valence-electron chi connectivity index (χ4n) is 3.87. The average Bonchev–Trinajstić information content (AvgIpc) is 3.30. The van der Waals surface area contributed by atoms with Crippen molar-refractivity contribution in [2.75, 3.05) is 18.4 Å². The third-order valence-electron chi connectivity index (χ3n) is 6.13. The Morgan fingerprint density at radius 2 is 1.50 bits per heavy atom. The zero-order valence-electron chi connectivity index (χ0n) is 23.1. The van der Waals surface area contributed by atoms with Crippen molar-refractivity contribution in [1.82, 2.24) is 14.7 Å². The maximum absolute atomic E-state index is 13.4. The van der Waals surface area contributed by atoms with Crippen molar-refractivity contribution < 1.29 is 35.9 Å². The molecule has 1 aromatic heterocycles. The van der Waals surface area contributed by atoms with E-state index in [0.717, 1.165) is 4.90 Å². The van der Waals surface area contributed by atoms with E-state index >= 15 is 0 Å². The molecule has 0 aliphatic heterocycles. The molecule has 0 atom stereocenters. The third-order valence-corrected chi connectivity index (χ3v) is 6.87. The summed E-state index contributed by atoms with van der Waals surface area (Å²) in [6, 6.07) is 6.94. The first-order valence-corrected chi connectivity index (χ1v) is 13.5. The first-order valence-electron chi connectivity index (χ1n) is 12.8. The standard InChI is InChI=1S/C28H28Cl2F6N4O2/c1-5-6-9-39(25(42)16-10-17(27(31,32)33)12-18(11-16)28(34,35)36)15-24(41)37-23-14-22(26(2,3)4)38-40(23)19-7-8-20(29)21(30)13-19/h7-8,10-14H,5-6,9,15H2,1-4H3,(H,37,41). The fraction of sp³-hybridized carbons (Fsp3) is 0.393.